The van der Waals surface area contributed by atoms with Gasteiger partial charge in [-0.2, -0.15) is 5.26 Å². The maximum Gasteiger partial charge on any atom is 0.143 e. The van der Waals surface area contributed by atoms with Crippen molar-refractivity contribution in [3.8, 4) is 6.07 Å². The van der Waals surface area contributed by atoms with Crippen molar-refractivity contribution >= 4 is 0 Å². The number of ether oxygens (including phenoxy) is 1. The molecule has 4 heteroatoms. The topological polar surface area (TPSA) is 39.5 Å². The molecule has 1 aliphatic rings. The van der Waals surface area contributed by atoms with Gasteiger partial charge in [-0.25, -0.2) is 0 Å². The van der Waals surface area contributed by atoms with E-state index in [1.807, 2.05) is 0 Å². The van der Waals surface area contributed by atoms with Crippen LogP contribution in [-0.4, -0.2) is 54.7 Å². The molecule has 0 bridgehead atoms. The third kappa shape index (κ3) is 5.23. The fourth-order valence-corrected chi connectivity index (χ4v) is 5.32. The molecule has 1 fully saturated rings. The van der Waals surface area contributed by atoms with Gasteiger partial charge >= 0.3 is 0 Å². The molecular weight excluding hydrogens is 418 g/mol. The Morgan fingerprint density at radius 1 is 0.794 bits per heavy atom. The quantitative estimate of drug-likeness (QED) is 0.250. The van der Waals surface area contributed by atoms with E-state index in [9.17, 15) is 0 Å². The highest BCUT2D eigenvalue weighted by Gasteiger charge is 2.37. The summed E-state index contributed by atoms with van der Waals surface area (Å²) in [4.78, 5) is 4.82. The second-order valence-corrected chi connectivity index (χ2v) is 9.27. The highest BCUT2D eigenvalue weighted by atomic mass is 16.5. The maximum absolute atomic E-state index is 9.13. The molecule has 176 valence electrons. The van der Waals surface area contributed by atoms with Gasteiger partial charge in [0, 0.05) is 38.3 Å². The van der Waals surface area contributed by atoms with Crippen LogP contribution in [-0.2, 0) is 10.3 Å². The van der Waals surface area contributed by atoms with E-state index in [4.69, 9.17) is 10.00 Å². The number of nitrogens with zero attached hydrogens (tertiary/aromatic N) is 3. The Morgan fingerprint density at radius 3 is 1.65 bits per heavy atom. The van der Waals surface area contributed by atoms with Crippen molar-refractivity contribution in [2.45, 2.75) is 38.0 Å². The first-order valence-corrected chi connectivity index (χ1v) is 12.3. The maximum atomic E-state index is 9.13. The minimum absolute atomic E-state index is 0.390. The molecule has 2 unspecified atom stereocenters. The molecule has 0 spiro atoms. The molecule has 1 heterocycles. The van der Waals surface area contributed by atoms with Crippen LogP contribution in [0.4, 0.5) is 0 Å². The van der Waals surface area contributed by atoms with Crippen LogP contribution in [0.1, 0.15) is 37.0 Å². The first-order valence-electron chi connectivity index (χ1n) is 12.3. The zero-order chi connectivity index (χ0) is 23.8. The van der Waals surface area contributed by atoms with Crippen molar-refractivity contribution in [1.82, 2.24) is 9.80 Å². The summed E-state index contributed by atoms with van der Waals surface area (Å²) in [6.07, 6.45) is 0.950. The highest BCUT2D eigenvalue weighted by molar-refractivity contribution is 5.47. The first kappa shape index (κ1) is 24.2. The van der Waals surface area contributed by atoms with Gasteiger partial charge in [-0.3, -0.25) is 4.90 Å². The van der Waals surface area contributed by atoms with Crippen molar-refractivity contribution in [3.05, 3.63) is 108 Å². The minimum Gasteiger partial charge on any atom is -0.361 e. The van der Waals surface area contributed by atoms with Gasteiger partial charge in [-0.15, -0.1) is 0 Å². The molecule has 0 saturated carbocycles. The van der Waals surface area contributed by atoms with E-state index >= 15 is 0 Å². The summed E-state index contributed by atoms with van der Waals surface area (Å²) in [5, 5.41) is 9.13. The summed E-state index contributed by atoms with van der Waals surface area (Å²) >= 11 is 0. The van der Waals surface area contributed by atoms with Crippen molar-refractivity contribution in [2.24, 2.45) is 0 Å². The van der Waals surface area contributed by atoms with Gasteiger partial charge in [0.1, 0.15) is 5.60 Å². The van der Waals surface area contributed by atoms with Gasteiger partial charge in [0.05, 0.1) is 12.6 Å². The summed E-state index contributed by atoms with van der Waals surface area (Å²) < 4.78 is 6.91. The molecule has 0 N–H and O–H groups in total. The highest BCUT2D eigenvalue weighted by Crippen LogP contribution is 2.40. The lowest BCUT2D eigenvalue weighted by molar-refractivity contribution is 0.000147. The average molecular weight is 454 g/mol. The molecule has 4 nitrogen and oxygen atoms in total. The molecule has 3 aromatic rings. The summed E-state index contributed by atoms with van der Waals surface area (Å²) in [5.41, 5.74) is 2.76. The lowest BCUT2D eigenvalue weighted by atomic mass is 9.80. The Morgan fingerprint density at radius 2 is 1.24 bits per heavy atom. The molecule has 0 amide bonds. The zero-order valence-corrected chi connectivity index (χ0v) is 20.3. The monoisotopic (exact) mass is 453 g/mol. The van der Waals surface area contributed by atoms with Gasteiger partial charge in [-0.05, 0) is 37.0 Å². The van der Waals surface area contributed by atoms with E-state index < -0.39 is 5.60 Å². The van der Waals surface area contributed by atoms with E-state index in [1.165, 1.54) is 0 Å². The van der Waals surface area contributed by atoms with E-state index in [2.05, 4.69) is 121 Å². The van der Waals surface area contributed by atoms with Crippen LogP contribution < -0.4 is 0 Å². The predicted molar refractivity (Wildman–Crippen MR) is 137 cm³/mol. The molecule has 34 heavy (non-hydrogen) atoms. The largest absolute Gasteiger partial charge is 0.361 e. The summed E-state index contributed by atoms with van der Waals surface area (Å²) in [5.74, 6) is 0. The molecular formula is C30H35N3O. The van der Waals surface area contributed by atoms with Gasteiger partial charge in [-0.1, -0.05) is 91.0 Å². The third-order valence-electron chi connectivity index (χ3n) is 6.91. The number of hydrogen-bond acceptors (Lipinski definition) is 4. The molecule has 2 atom stereocenters. The summed E-state index contributed by atoms with van der Waals surface area (Å²) in [6.45, 7) is 8.58. The molecule has 3 aromatic carbocycles. The minimum atomic E-state index is -0.657. The Kier molecular flexibility index (Phi) is 8.13. The van der Waals surface area contributed by atoms with Crippen molar-refractivity contribution in [2.75, 3.05) is 32.8 Å². The Labute approximate surface area is 204 Å². The zero-order valence-electron chi connectivity index (χ0n) is 20.3. The third-order valence-corrected chi connectivity index (χ3v) is 6.91. The molecule has 0 radical (unpaired) electrons. The van der Waals surface area contributed by atoms with Crippen molar-refractivity contribution < 1.29 is 4.74 Å². The van der Waals surface area contributed by atoms with E-state index in [0.717, 1.165) is 42.7 Å². The Balaban J connectivity index is 1.53. The number of rotatable bonds is 9. The van der Waals surface area contributed by atoms with Gasteiger partial charge in [0.2, 0.25) is 0 Å². The van der Waals surface area contributed by atoms with Gasteiger partial charge in [0.15, 0.2) is 0 Å². The van der Waals surface area contributed by atoms with Crippen LogP contribution in [0.3, 0.4) is 0 Å². The fourth-order valence-electron chi connectivity index (χ4n) is 5.32. The van der Waals surface area contributed by atoms with Crippen LogP contribution in [0.2, 0.25) is 0 Å². The Bertz CT molecular complexity index is 940. The lowest BCUT2D eigenvalue weighted by Gasteiger charge is -2.43. The van der Waals surface area contributed by atoms with Crippen molar-refractivity contribution in [1.29, 1.82) is 5.26 Å². The molecule has 4 rings (SSSR count). The number of benzene rings is 3. The normalized spacial score (nSPS) is 19.6. The van der Waals surface area contributed by atoms with Gasteiger partial charge < -0.3 is 9.64 Å². The number of nitriles is 1. The smallest absolute Gasteiger partial charge is 0.143 e. The van der Waals surface area contributed by atoms with Gasteiger partial charge in [0.25, 0.3) is 0 Å². The summed E-state index contributed by atoms with van der Waals surface area (Å²) in [6, 6.07) is 34.8. The van der Waals surface area contributed by atoms with Crippen LogP contribution in [0.15, 0.2) is 91.0 Å². The van der Waals surface area contributed by atoms with Crippen LogP contribution >= 0.6 is 0 Å². The second kappa shape index (κ2) is 11.4. The lowest BCUT2D eigenvalue weighted by Crippen LogP contribution is -2.56. The van der Waals surface area contributed by atoms with E-state index in [1.54, 1.807) is 0 Å². The molecule has 1 aliphatic heterocycles. The Hall–Kier alpha value is -2.97. The van der Waals surface area contributed by atoms with E-state index in [0.29, 0.717) is 25.2 Å². The molecule has 0 aliphatic carbocycles. The summed E-state index contributed by atoms with van der Waals surface area (Å²) in [7, 11) is 0. The second-order valence-electron chi connectivity index (χ2n) is 9.27. The van der Waals surface area contributed by atoms with Crippen LogP contribution in [0.5, 0.6) is 0 Å². The SMILES string of the molecule is CC1CN(CCCOC(c2ccccc2)(c2ccccc2)c2ccccc2)CC(C)N1CC#N. The van der Waals surface area contributed by atoms with Crippen LogP contribution in [0.25, 0.3) is 0 Å². The standard InChI is InChI=1S/C30H35N3O/c1-25-23-32(24-26(2)33(25)21-19-31)20-12-22-34-30(27-13-6-3-7-14-27,28-15-8-4-9-16-28)29-17-10-5-11-18-29/h3-11,13-18,25-26H,12,20-24H2,1-2H3. The van der Waals surface area contributed by atoms with Crippen molar-refractivity contribution in [3.63, 3.8) is 0 Å². The fraction of sp³-hybridized carbons (Fsp3) is 0.367. The van der Waals surface area contributed by atoms with E-state index in [-0.39, 0.29) is 0 Å². The number of hydrogen-bond donors (Lipinski definition) is 0. The number of piperazine rings is 1. The van der Waals surface area contributed by atoms with Crippen LogP contribution in [0, 0.1) is 11.3 Å². The predicted octanol–water partition coefficient (Wildman–Crippen LogP) is 5.30. The first-order chi connectivity index (χ1) is 16.6. The molecule has 0 aromatic heterocycles. The average Bonchev–Trinajstić information content (AvgIpc) is 2.88. The molecule has 1 saturated heterocycles.